The standard InChI is InChI=1S/C22H25ClN4O/c1-18(22(28)27(12-6-11-24)20-8-3-2-4-9-20)25-13-15-26(16-14-25)21-10-5-7-19(23)17-21/h2-5,7-10,17-18H,6,12-16H2,1H3. The minimum atomic E-state index is -0.236. The van der Waals surface area contributed by atoms with E-state index < -0.39 is 0 Å². The monoisotopic (exact) mass is 396 g/mol. The van der Waals surface area contributed by atoms with Crippen LogP contribution in [0, 0.1) is 11.3 Å². The fourth-order valence-corrected chi connectivity index (χ4v) is 3.74. The van der Waals surface area contributed by atoms with Gasteiger partial charge in [0.2, 0.25) is 5.91 Å². The normalized spacial score (nSPS) is 15.7. The van der Waals surface area contributed by atoms with Crippen LogP contribution in [0.3, 0.4) is 0 Å². The van der Waals surface area contributed by atoms with Gasteiger partial charge in [0.15, 0.2) is 0 Å². The Morgan fingerprint density at radius 3 is 2.50 bits per heavy atom. The average molecular weight is 397 g/mol. The van der Waals surface area contributed by atoms with Crippen LogP contribution in [0.15, 0.2) is 54.6 Å². The number of hydrogen-bond donors (Lipinski definition) is 0. The molecule has 2 aromatic carbocycles. The first-order valence-corrected chi connectivity index (χ1v) is 9.96. The van der Waals surface area contributed by atoms with Crippen molar-refractivity contribution in [2.75, 3.05) is 42.5 Å². The summed E-state index contributed by atoms with van der Waals surface area (Å²) in [6, 6.07) is 19.4. The Balaban J connectivity index is 1.65. The van der Waals surface area contributed by atoms with Crippen LogP contribution in [0.5, 0.6) is 0 Å². The highest BCUT2D eigenvalue weighted by Crippen LogP contribution is 2.22. The maximum absolute atomic E-state index is 13.2. The van der Waals surface area contributed by atoms with Gasteiger partial charge in [-0.1, -0.05) is 35.9 Å². The molecule has 1 aliphatic heterocycles. The number of rotatable bonds is 6. The van der Waals surface area contributed by atoms with Gasteiger partial charge in [-0.3, -0.25) is 9.69 Å². The lowest BCUT2D eigenvalue weighted by Crippen LogP contribution is -2.55. The number of anilines is 2. The van der Waals surface area contributed by atoms with E-state index in [-0.39, 0.29) is 11.9 Å². The van der Waals surface area contributed by atoms with Crippen molar-refractivity contribution < 1.29 is 4.79 Å². The number of carbonyl (C=O) groups is 1. The molecule has 1 fully saturated rings. The Morgan fingerprint density at radius 2 is 1.86 bits per heavy atom. The summed E-state index contributed by atoms with van der Waals surface area (Å²) in [6.07, 6.45) is 0.315. The van der Waals surface area contributed by atoms with E-state index in [1.807, 2.05) is 55.5 Å². The number of nitriles is 1. The van der Waals surface area contributed by atoms with E-state index >= 15 is 0 Å². The van der Waals surface area contributed by atoms with E-state index in [2.05, 4.69) is 21.9 Å². The Hall–Kier alpha value is -2.55. The average Bonchev–Trinajstić information content (AvgIpc) is 2.74. The van der Waals surface area contributed by atoms with Crippen molar-refractivity contribution in [3.05, 3.63) is 59.6 Å². The molecule has 0 aromatic heterocycles. The van der Waals surface area contributed by atoms with Crippen LogP contribution in [0.25, 0.3) is 0 Å². The molecule has 1 amide bonds. The van der Waals surface area contributed by atoms with Crippen molar-refractivity contribution in [1.82, 2.24) is 4.90 Å². The largest absolute Gasteiger partial charge is 0.369 e. The number of hydrogen-bond acceptors (Lipinski definition) is 4. The van der Waals surface area contributed by atoms with Crippen LogP contribution in [0.1, 0.15) is 13.3 Å². The van der Waals surface area contributed by atoms with Crippen LogP contribution in [0.2, 0.25) is 5.02 Å². The van der Waals surface area contributed by atoms with Gasteiger partial charge in [0.1, 0.15) is 0 Å². The van der Waals surface area contributed by atoms with Gasteiger partial charge in [-0.15, -0.1) is 0 Å². The first kappa shape index (κ1) is 20.2. The van der Waals surface area contributed by atoms with Gasteiger partial charge in [0, 0.05) is 49.1 Å². The summed E-state index contributed by atoms with van der Waals surface area (Å²) in [6.45, 7) is 5.68. The summed E-state index contributed by atoms with van der Waals surface area (Å²) in [7, 11) is 0. The van der Waals surface area contributed by atoms with Gasteiger partial charge in [-0.25, -0.2) is 0 Å². The first-order valence-electron chi connectivity index (χ1n) is 9.58. The predicted octanol–water partition coefficient (Wildman–Crippen LogP) is 3.80. The lowest BCUT2D eigenvalue weighted by Gasteiger charge is -2.39. The Kier molecular flexibility index (Phi) is 6.91. The number of nitrogens with zero attached hydrogens (tertiary/aromatic N) is 4. The second kappa shape index (κ2) is 9.59. The van der Waals surface area contributed by atoms with E-state index in [4.69, 9.17) is 16.9 Å². The second-order valence-corrected chi connectivity index (χ2v) is 7.35. The van der Waals surface area contributed by atoms with Crippen molar-refractivity contribution in [2.45, 2.75) is 19.4 Å². The molecule has 0 radical (unpaired) electrons. The van der Waals surface area contributed by atoms with Crippen LogP contribution >= 0.6 is 11.6 Å². The molecule has 1 aliphatic rings. The van der Waals surface area contributed by atoms with Crippen molar-refractivity contribution in [2.24, 2.45) is 0 Å². The highest BCUT2D eigenvalue weighted by Gasteiger charge is 2.29. The molecule has 6 heteroatoms. The molecular weight excluding hydrogens is 372 g/mol. The fourth-order valence-electron chi connectivity index (χ4n) is 3.56. The van der Waals surface area contributed by atoms with Crippen LogP contribution in [0.4, 0.5) is 11.4 Å². The van der Waals surface area contributed by atoms with Crippen LogP contribution in [-0.4, -0.2) is 49.6 Å². The van der Waals surface area contributed by atoms with E-state index in [0.717, 1.165) is 42.6 Å². The molecular formula is C22H25ClN4O. The number of amides is 1. The summed E-state index contributed by atoms with van der Waals surface area (Å²) < 4.78 is 0. The molecule has 146 valence electrons. The molecule has 1 saturated heterocycles. The van der Waals surface area contributed by atoms with Gasteiger partial charge in [0.05, 0.1) is 18.5 Å². The summed E-state index contributed by atoms with van der Waals surface area (Å²) in [5.74, 6) is 0.0395. The van der Waals surface area contributed by atoms with Crippen molar-refractivity contribution in [1.29, 1.82) is 5.26 Å². The SMILES string of the molecule is CC(C(=O)N(CCC#N)c1ccccc1)N1CCN(c2cccc(Cl)c2)CC1. The molecule has 0 bridgehead atoms. The third-order valence-electron chi connectivity index (χ3n) is 5.17. The summed E-state index contributed by atoms with van der Waals surface area (Å²) in [5, 5.41) is 9.71. The minimum Gasteiger partial charge on any atom is -0.369 e. The van der Waals surface area contributed by atoms with Gasteiger partial charge in [-0.2, -0.15) is 5.26 Å². The highest BCUT2D eigenvalue weighted by molar-refractivity contribution is 6.30. The van der Waals surface area contributed by atoms with Crippen molar-refractivity contribution in [3.63, 3.8) is 0 Å². The minimum absolute atomic E-state index is 0.0395. The molecule has 3 rings (SSSR count). The van der Waals surface area contributed by atoms with Crippen LogP contribution in [-0.2, 0) is 4.79 Å². The summed E-state index contributed by atoms with van der Waals surface area (Å²) >= 11 is 6.11. The highest BCUT2D eigenvalue weighted by atomic mass is 35.5. The van der Waals surface area contributed by atoms with Crippen molar-refractivity contribution in [3.8, 4) is 6.07 Å². The maximum atomic E-state index is 13.2. The van der Waals surface area contributed by atoms with Crippen molar-refractivity contribution >= 4 is 28.9 Å². The van der Waals surface area contributed by atoms with Gasteiger partial charge < -0.3 is 9.80 Å². The molecule has 1 atom stereocenters. The molecule has 0 spiro atoms. The molecule has 5 nitrogen and oxygen atoms in total. The number of piperazine rings is 1. The zero-order valence-corrected chi connectivity index (χ0v) is 16.8. The maximum Gasteiger partial charge on any atom is 0.244 e. The first-order chi connectivity index (χ1) is 13.6. The Labute approximate surface area is 171 Å². The van der Waals surface area contributed by atoms with E-state index in [0.29, 0.717) is 13.0 Å². The van der Waals surface area contributed by atoms with E-state index in [1.54, 1.807) is 4.90 Å². The topological polar surface area (TPSA) is 50.6 Å². The summed E-state index contributed by atoms with van der Waals surface area (Å²) in [4.78, 5) is 19.4. The van der Waals surface area contributed by atoms with E-state index in [9.17, 15) is 4.79 Å². The molecule has 28 heavy (non-hydrogen) atoms. The predicted molar refractivity (Wildman–Crippen MR) is 114 cm³/mol. The quantitative estimate of drug-likeness (QED) is 0.745. The third kappa shape index (κ3) is 4.83. The fraction of sp³-hybridized carbons (Fsp3) is 0.364. The van der Waals surface area contributed by atoms with Gasteiger partial charge in [-0.05, 0) is 37.3 Å². The Bertz CT molecular complexity index is 828. The zero-order chi connectivity index (χ0) is 19.9. The van der Waals surface area contributed by atoms with E-state index in [1.165, 1.54) is 0 Å². The molecule has 1 unspecified atom stereocenters. The zero-order valence-electron chi connectivity index (χ0n) is 16.1. The third-order valence-corrected chi connectivity index (χ3v) is 5.41. The smallest absolute Gasteiger partial charge is 0.244 e. The lowest BCUT2D eigenvalue weighted by molar-refractivity contribution is -0.123. The number of halogens is 1. The molecule has 2 aromatic rings. The molecule has 1 heterocycles. The lowest BCUT2D eigenvalue weighted by atomic mass is 10.1. The second-order valence-electron chi connectivity index (χ2n) is 6.91. The number of para-hydroxylation sites is 1. The summed E-state index contributed by atoms with van der Waals surface area (Å²) in [5.41, 5.74) is 1.96. The molecule has 0 aliphatic carbocycles. The van der Waals surface area contributed by atoms with Crippen LogP contribution < -0.4 is 9.80 Å². The van der Waals surface area contributed by atoms with Gasteiger partial charge >= 0.3 is 0 Å². The molecule has 0 N–H and O–H groups in total. The number of carbonyl (C=O) groups excluding carboxylic acids is 1. The number of benzene rings is 2. The molecule has 0 saturated carbocycles. The Morgan fingerprint density at radius 1 is 1.14 bits per heavy atom. The van der Waals surface area contributed by atoms with Gasteiger partial charge in [0.25, 0.3) is 0 Å².